The van der Waals surface area contributed by atoms with Crippen LogP contribution in [-0.2, 0) is 0 Å². The van der Waals surface area contributed by atoms with Crippen molar-refractivity contribution < 1.29 is 13.2 Å². The third-order valence-corrected chi connectivity index (χ3v) is 3.15. The van der Waals surface area contributed by atoms with E-state index in [-0.39, 0.29) is 6.42 Å². The minimum absolute atomic E-state index is 0.191. The second-order valence-corrected chi connectivity index (χ2v) is 4.31. The molecule has 1 fully saturated rings. The van der Waals surface area contributed by atoms with Crippen LogP contribution in [0.5, 0.6) is 0 Å². The van der Waals surface area contributed by atoms with Gasteiger partial charge in [0.05, 0.1) is 5.92 Å². The monoisotopic (exact) mass is 210 g/mol. The lowest BCUT2D eigenvalue weighted by Crippen LogP contribution is -2.48. The first kappa shape index (κ1) is 11.8. The Hall–Kier alpha value is -0.290. The van der Waals surface area contributed by atoms with Crippen LogP contribution in [0.25, 0.3) is 0 Å². The maximum atomic E-state index is 12.6. The lowest BCUT2D eigenvalue weighted by molar-refractivity contribution is -0.191. The van der Waals surface area contributed by atoms with Crippen molar-refractivity contribution >= 4 is 0 Å². The molecule has 1 atom stereocenters. The van der Waals surface area contributed by atoms with Crippen molar-refractivity contribution in [3.8, 4) is 0 Å². The number of halogens is 3. The molecule has 1 unspecified atom stereocenters. The first-order valence-corrected chi connectivity index (χ1v) is 4.82. The first-order chi connectivity index (χ1) is 6.30. The van der Waals surface area contributed by atoms with Crippen LogP contribution < -0.4 is 5.73 Å². The molecular weight excluding hydrogens is 193 g/mol. The summed E-state index contributed by atoms with van der Waals surface area (Å²) in [4.78, 5) is 1.82. The fourth-order valence-electron chi connectivity index (χ4n) is 2.27. The Labute approximate surface area is 82.2 Å². The van der Waals surface area contributed by atoms with Gasteiger partial charge >= 0.3 is 6.18 Å². The number of hydrogen-bond acceptors (Lipinski definition) is 2. The molecule has 5 heteroatoms. The van der Waals surface area contributed by atoms with E-state index in [1.165, 1.54) is 0 Å². The summed E-state index contributed by atoms with van der Waals surface area (Å²) >= 11 is 0. The van der Waals surface area contributed by atoms with Gasteiger partial charge in [0.15, 0.2) is 0 Å². The van der Waals surface area contributed by atoms with Gasteiger partial charge in [0.25, 0.3) is 0 Å². The Morgan fingerprint density at radius 2 is 2.00 bits per heavy atom. The van der Waals surface area contributed by atoms with Crippen LogP contribution in [0.1, 0.15) is 20.3 Å². The average molecular weight is 210 g/mol. The summed E-state index contributed by atoms with van der Waals surface area (Å²) in [6, 6.07) is 0. The highest BCUT2D eigenvalue weighted by atomic mass is 19.4. The smallest absolute Gasteiger partial charge is 0.329 e. The van der Waals surface area contributed by atoms with Crippen molar-refractivity contribution in [2.45, 2.75) is 32.0 Å². The van der Waals surface area contributed by atoms with Crippen LogP contribution >= 0.6 is 0 Å². The molecule has 1 aliphatic heterocycles. The molecular formula is C9H17F3N2. The van der Waals surface area contributed by atoms with Gasteiger partial charge in [-0.05, 0) is 26.8 Å². The maximum Gasteiger partial charge on any atom is 0.393 e. The van der Waals surface area contributed by atoms with Gasteiger partial charge in [0.2, 0.25) is 0 Å². The van der Waals surface area contributed by atoms with E-state index in [0.29, 0.717) is 19.6 Å². The van der Waals surface area contributed by atoms with E-state index in [1.54, 1.807) is 13.8 Å². The molecule has 1 aliphatic rings. The van der Waals surface area contributed by atoms with Gasteiger partial charge in [-0.1, -0.05) is 0 Å². The number of hydrogen-bond donors (Lipinski definition) is 1. The Bertz CT molecular complexity index is 201. The zero-order chi connectivity index (χ0) is 11.0. The van der Waals surface area contributed by atoms with Crippen LogP contribution in [0, 0.1) is 5.92 Å². The minimum atomic E-state index is -4.09. The Kier molecular flexibility index (Phi) is 3.11. The molecule has 0 aliphatic carbocycles. The number of nitrogens with two attached hydrogens (primary N) is 1. The van der Waals surface area contributed by atoms with E-state index in [0.717, 1.165) is 0 Å². The number of rotatable bonds is 2. The van der Waals surface area contributed by atoms with Gasteiger partial charge in [-0.2, -0.15) is 13.2 Å². The lowest BCUT2D eigenvalue weighted by Gasteiger charge is -2.36. The third kappa shape index (κ3) is 2.03. The van der Waals surface area contributed by atoms with Crippen LogP contribution in [0.2, 0.25) is 0 Å². The minimum Gasteiger partial charge on any atom is -0.329 e. The molecule has 1 rings (SSSR count). The van der Waals surface area contributed by atoms with Crippen molar-refractivity contribution in [2.75, 3.05) is 19.6 Å². The van der Waals surface area contributed by atoms with E-state index >= 15 is 0 Å². The molecule has 0 aromatic rings. The largest absolute Gasteiger partial charge is 0.393 e. The predicted octanol–water partition coefficient (Wildman–Crippen LogP) is 1.61. The zero-order valence-electron chi connectivity index (χ0n) is 8.56. The summed E-state index contributed by atoms with van der Waals surface area (Å²) in [5.74, 6) is -1.22. The molecule has 0 amide bonds. The predicted molar refractivity (Wildman–Crippen MR) is 48.9 cm³/mol. The highest BCUT2D eigenvalue weighted by molar-refractivity contribution is 4.98. The normalized spacial score (nSPS) is 28.3. The van der Waals surface area contributed by atoms with Crippen LogP contribution in [0.3, 0.4) is 0 Å². The van der Waals surface area contributed by atoms with E-state index in [1.807, 2.05) is 4.90 Å². The van der Waals surface area contributed by atoms with Gasteiger partial charge in [-0.15, -0.1) is 0 Å². The summed E-state index contributed by atoms with van der Waals surface area (Å²) in [6.45, 7) is 4.74. The Morgan fingerprint density at radius 3 is 2.36 bits per heavy atom. The maximum absolute atomic E-state index is 12.6. The fraction of sp³-hybridized carbons (Fsp3) is 1.00. The molecule has 2 nitrogen and oxygen atoms in total. The van der Waals surface area contributed by atoms with E-state index in [4.69, 9.17) is 5.73 Å². The number of nitrogens with zero attached hydrogens (tertiary/aromatic N) is 1. The summed E-state index contributed by atoms with van der Waals surface area (Å²) in [5.41, 5.74) is 4.55. The molecule has 0 spiro atoms. The highest BCUT2D eigenvalue weighted by Crippen LogP contribution is 2.44. The van der Waals surface area contributed by atoms with Crippen molar-refractivity contribution in [1.82, 2.24) is 4.90 Å². The van der Waals surface area contributed by atoms with Crippen molar-refractivity contribution in [2.24, 2.45) is 11.7 Å². The van der Waals surface area contributed by atoms with Gasteiger partial charge in [0, 0.05) is 18.6 Å². The molecule has 0 saturated carbocycles. The van der Waals surface area contributed by atoms with Crippen LogP contribution in [-0.4, -0.2) is 36.2 Å². The number of alkyl halides is 3. The Morgan fingerprint density at radius 1 is 1.43 bits per heavy atom. The average Bonchev–Trinajstić information content (AvgIpc) is 2.26. The standard InChI is InChI=1S/C9H17F3N2/c1-8(2)7(9(10,11)12)3-5-14(8)6-4-13/h7H,3-6,13H2,1-2H3. The molecule has 1 heterocycles. The van der Waals surface area contributed by atoms with Gasteiger partial charge in [-0.25, -0.2) is 0 Å². The molecule has 14 heavy (non-hydrogen) atoms. The highest BCUT2D eigenvalue weighted by Gasteiger charge is 2.54. The van der Waals surface area contributed by atoms with Gasteiger partial charge in [0.1, 0.15) is 0 Å². The van der Waals surface area contributed by atoms with E-state index < -0.39 is 17.6 Å². The molecule has 84 valence electrons. The topological polar surface area (TPSA) is 29.3 Å². The molecule has 0 bridgehead atoms. The quantitative estimate of drug-likeness (QED) is 0.750. The third-order valence-electron chi connectivity index (χ3n) is 3.15. The molecule has 0 aromatic carbocycles. The van der Waals surface area contributed by atoms with E-state index in [2.05, 4.69) is 0 Å². The molecule has 2 N–H and O–H groups in total. The van der Waals surface area contributed by atoms with Gasteiger partial charge in [-0.3, -0.25) is 4.90 Å². The second-order valence-electron chi connectivity index (χ2n) is 4.31. The summed E-state index contributed by atoms with van der Waals surface area (Å²) < 4.78 is 37.8. The van der Waals surface area contributed by atoms with Crippen LogP contribution in [0.4, 0.5) is 13.2 Å². The zero-order valence-corrected chi connectivity index (χ0v) is 8.56. The molecule has 1 saturated heterocycles. The summed E-state index contributed by atoms with van der Waals surface area (Å²) in [7, 11) is 0. The lowest BCUT2D eigenvalue weighted by atomic mass is 9.88. The molecule has 0 radical (unpaired) electrons. The van der Waals surface area contributed by atoms with Crippen molar-refractivity contribution in [3.05, 3.63) is 0 Å². The summed E-state index contributed by atoms with van der Waals surface area (Å²) in [6.07, 6.45) is -3.90. The van der Waals surface area contributed by atoms with Crippen LogP contribution in [0.15, 0.2) is 0 Å². The second kappa shape index (κ2) is 3.70. The first-order valence-electron chi connectivity index (χ1n) is 4.82. The SMILES string of the molecule is CC1(C)C(C(F)(F)F)CCN1CCN. The Balaban J connectivity index is 2.76. The number of likely N-dealkylation sites (tertiary alicyclic amines) is 1. The van der Waals surface area contributed by atoms with Crippen molar-refractivity contribution in [1.29, 1.82) is 0 Å². The summed E-state index contributed by atoms with van der Waals surface area (Å²) in [5, 5.41) is 0. The van der Waals surface area contributed by atoms with E-state index in [9.17, 15) is 13.2 Å². The van der Waals surface area contributed by atoms with Crippen molar-refractivity contribution in [3.63, 3.8) is 0 Å². The fourth-order valence-corrected chi connectivity index (χ4v) is 2.27. The molecule has 0 aromatic heterocycles. The van der Waals surface area contributed by atoms with Gasteiger partial charge < -0.3 is 5.73 Å².